The number of benzene rings is 1. The van der Waals surface area contributed by atoms with Crippen LogP contribution in [0.5, 0.6) is 0 Å². The minimum Gasteiger partial charge on any atom is -0.385 e. The molecule has 3 nitrogen and oxygen atoms in total. The molecule has 4 rings (SSSR count). The molecular weight excluding hydrogens is 320 g/mol. The Morgan fingerprint density at radius 3 is 2.19 bits per heavy atom. The summed E-state index contributed by atoms with van der Waals surface area (Å²) < 4.78 is 0. The molecule has 1 aromatic rings. The van der Waals surface area contributed by atoms with Crippen molar-refractivity contribution in [2.45, 2.75) is 88.9 Å². The number of piperidine rings is 1. The number of hydrogen-bond donors (Lipinski definition) is 2. The van der Waals surface area contributed by atoms with E-state index in [0.29, 0.717) is 12.0 Å². The maximum absolute atomic E-state index is 11.3. The number of hydrogen-bond acceptors (Lipinski definition) is 3. The van der Waals surface area contributed by atoms with Crippen LogP contribution in [0.4, 0.5) is 0 Å². The Bertz CT molecular complexity index is 564. The zero-order valence-corrected chi connectivity index (χ0v) is 16.4. The van der Waals surface area contributed by atoms with Gasteiger partial charge in [0.1, 0.15) is 0 Å². The summed E-state index contributed by atoms with van der Waals surface area (Å²) in [6, 6.07) is 10.3. The van der Waals surface area contributed by atoms with Crippen molar-refractivity contribution in [2.75, 3.05) is 13.1 Å². The normalized spacial score (nSPS) is 25.9. The van der Waals surface area contributed by atoms with Crippen LogP contribution in [0.1, 0.15) is 75.8 Å². The van der Waals surface area contributed by atoms with Crippen LogP contribution in [0.15, 0.2) is 24.3 Å². The van der Waals surface area contributed by atoms with Crippen molar-refractivity contribution in [3.63, 3.8) is 0 Å². The van der Waals surface area contributed by atoms with Gasteiger partial charge in [0, 0.05) is 18.6 Å². The van der Waals surface area contributed by atoms with E-state index in [1.54, 1.807) is 0 Å². The Hall–Kier alpha value is -0.900. The molecule has 2 saturated carbocycles. The van der Waals surface area contributed by atoms with Gasteiger partial charge in [-0.3, -0.25) is 0 Å². The van der Waals surface area contributed by atoms with E-state index in [1.165, 1.54) is 50.5 Å². The average Bonchev–Trinajstić information content (AvgIpc) is 3.13. The maximum Gasteiger partial charge on any atom is 0.0897 e. The second-order valence-electron chi connectivity index (χ2n) is 9.10. The van der Waals surface area contributed by atoms with Crippen LogP contribution in [0.2, 0.25) is 0 Å². The van der Waals surface area contributed by atoms with E-state index >= 15 is 0 Å². The molecule has 3 heteroatoms. The van der Waals surface area contributed by atoms with E-state index in [9.17, 15) is 5.11 Å². The first-order valence-electron chi connectivity index (χ1n) is 10.9. The Balaban J connectivity index is 1.31. The molecule has 1 aromatic carbocycles. The van der Waals surface area contributed by atoms with Crippen LogP contribution in [-0.4, -0.2) is 35.2 Å². The molecule has 144 valence electrons. The fourth-order valence-corrected chi connectivity index (χ4v) is 5.17. The van der Waals surface area contributed by atoms with Crippen molar-refractivity contribution < 1.29 is 5.11 Å². The van der Waals surface area contributed by atoms with Gasteiger partial charge in [-0.25, -0.2) is 0 Å². The van der Waals surface area contributed by atoms with Crippen molar-refractivity contribution in [3.05, 3.63) is 35.4 Å². The smallest absolute Gasteiger partial charge is 0.0897 e. The number of likely N-dealkylation sites (tertiary alicyclic amines) is 1. The molecule has 3 aliphatic rings. The van der Waals surface area contributed by atoms with Crippen molar-refractivity contribution in [1.29, 1.82) is 0 Å². The van der Waals surface area contributed by atoms with Gasteiger partial charge in [-0.05, 0) is 75.6 Å². The molecule has 0 amide bonds. The molecule has 26 heavy (non-hydrogen) atoms. The van der Waals surface area contributed by atoms with Gasteiger partial charge in [-0.15, -0.1) is 0 Å². The molecule has 1 aliphatic heterocycles. The molecule has 0 spiro atoms. The highest BCUT2D eigenvalue weighted by Crippen LogP contribution is 2.38. The highest BCUT2D eigenvalue weighted by molar-refractivity contribution is 5.27. The largest absolute Gasteiger partial charge is 0.385 e. The molecule has 1 saturated heterocycles. The molecular formula is C23H36N2O. The first-order valence-corrected chi connectivity index (χ1v) is 10.9. The molecule has 2 aliphatic carbocycles. The molecule has 2 N–H and O–H groups in total. The lowest BCUT2D eigenvalue weighted by molar-refractivity contribution is -0.0429. The van der Waals surface area contributed by atoms with Gasteiger partial charge >= 0.3 is 0 Å². The van der Waals surface area contributed by atoms with Crippen LogP contribution in [-0.2, 0) is 12.1 Å². The fraction of sp³-hybridized carbons (Fsp3) is 0.739. The Kier molecular flexibility index (Phi) is 5.68. The Morgan fingerprint density at radius 1 is 0.962 bits per heavy atom. The topological polar surface area (TPSA) is 35.5 Å². The first kappa shape index (κ1) is 18.5. The Morgan fingerprint density at radius 2 is 1.62 bits per heavy atom. The predicted octanol–water partition coefficient (Wildman–Crippen LogP) is 4.19. The van der Waals surface area contributed by atoms with Gasteiger partial charge < -0.3 is 15.3 Å². The SMILES string of the molecule is CC(O)(c1ccc(CNC2CCCC2)cc1)C1CCN(C2CCC2)CC1. The van der Waals surface area contributed by atoms with E-state index < -0.39 is 5.60 Å². The van der Waals surface area contributed by atoms with Gasteiger partial charge in [0.25, 0.3) is 0 Å². The quantitative estimate of drug-likeness (QED) is 0.802. The first-order chi connectivity index (χ1) is 12.6. The molecule has 3 fully saturated rings. The van der Waals surface area contributed by atoms with Crippen LogP contribution in [0.25, 0.3) is 0 Å². The monoisotopic (exact) mass is 356 g/mol. The summed E-state index contributed by atoms with van der Waals surface area (Å²) in [6.45, 7) is 5.30. The third-order valence-electron chi connectivity index (χ3n) is 7.40. The molecule has 0 aromatic heterocycles. The van der Waals surface area contributed by atoms with Gasteiger partial charge in [-0.2, -0.15) is 0 Å². The second kappa shape index (κ2) is 8.00. The van der Waals surface area contributed by atoms with Crippen LogP contribution in [0, 0.1) is 5.92 Å². The van der Waals surface area contributed by atoms with Crippen molar-refractivity contribution in [3.8, 4) is 0 Å². The van der Waals surface area contributed by atoms with Gasteiger partial charge in [-0.1, -0.05) is 43.5 Å². The summed E-state index contributed by atoms with van der Waals surface area (Å²) in [6.07, 6.45) is 11.8. The van der Waals surface area contributed by atoms with E-state index in [-0.39, 0.29) is 0 Å². The Labute approximate surface area is 159 Å². The van der Waals surface area contributed by atoms with E-state index in [4.69, 9.17) is 0 Å². The predicted molar refractivity (Wildman–Crippen MR) is 107 cm³/mol. The highest BCUT2D eigenvalue weighted by atomic mass is 16.3. The lowest BCUT2D eigenvalue weighted by atomic mass is 9.76. The number of nitrogens with zero attached hydrogens (tertiary/aromatic N) is 1. The lowest BCUT2D eigenvalue weighted by Gasteiger charge is -2.45. The molecule has 0 bridgehead atoms. The molecule has 1 unspecified atom stereocenters. The van der Waals surface area contributed by atoms with Crippen LogP contribution >= 0.6 is 0 Å². The van der Waals surface area contributed by atoms with Gasteiger partial charge in [0.15, 0.2) is 0 Å². The minimum atomic E-state index is -0.705. The fourth-order valence-electron chi connectivity index (χ4n) is 5.17. The average molecular weight is 357 g/mol. The molecule has 1 heterocycles. The summed E-state index contributed by atoms with van der Waals surface area (Å²) in [4.78, 5) is 2.66. The van der Waals surface area contributed by atoms with Crippen molar-refractivity contribution in [2.24, 2.45) is 5.92 Å². The van der Waals surface area contributed by atoms with Crippen LogP contribution in [0.3, 0.4) is 0 Å². The minimum absolute atomic E-state index is 0.376. The maximum atomic E-state index is 11.3. The lowest BCUT2D eigenvalue weighted by Crippen LogP contribution is -2.48. The number of nitrogens with one attached hydrogen (secondary N) is 1. The standard InChI is InChI=1S/C23H36N2O/c1-23(26,20-13-15-25(16-14-20)22-7-4-8-22)19-11-9-18(10-12-19)17-24-21-5-2-3-6-21/h9-12,20-22,24,26H,2-8,13-17H2,1H3. The molecule has 1 atom stereocenters. The van der Waals surface area contributed by atoms with Gasteiger partial charge in [0.05, 0.1) is 5.60 Å². The summed E-state index contributed by atoms with van der Waals surface area (Å²) in [5, 5.41) is 14.9. The summed E-state index contributed by atoms with van der Waals surface area (Å²) in [7, 11) is 0. The van der Waals surface area contributed by atoms with Gasteiger partial charge in [0.2, 0.25) is 0 Å². The third-order valence-corrected chi connectivity index (χ3v) is 7.40. The van der Waals surface area contributed by atoms with Crippen LogP contribution < -0.4 is 5.32 Å². The van der Waals surface area contributed by atoms with Crippen molar-refractivity contribution in [1.82, 2.24) is 10.2 Å². The van der Waals surface area contributed by atoms with Crippen molar-refractivity contribution >= 4 is 0 Å². The zero-order chi connectivity index (χ0) is 18.0. The molecule has 0 radical (unpaired) electrons. The third kappa shape index (κ3) is 4.00. The highest BCUT2D eigenvalue weighted by Gasteiger charge is 2.38. The van der Waals surface area contributed by atoms with E-state index in [1.807, 2.05) is 6.92 Å². The summed E-state index contributed by atoms with van der Waals surface area (Å²) in [5.41, 5.74) is 1.71. The summed E-state index contributed by atoms with van der Waals surface area (Å²) >= 11 is 0. The van der Waals surface area contributed by atoms with E-state index in [0.717, 1.165) is 44.1 Å². The second-order valence-corrected chi connectivity index (χ2v) is 9.10. The summed E-state index contributed by atoms with van der Waals surface area (Å²) in [5.74, 6) is 0.376. The number of rotatable bonds is 6. The zero-order valence-electron chi connectivity index (χ0n) is 16.4. The number of aliphatic hydroxyl groups is 1. The van der Waals surface area contributed by atoms with E-state index in [2.05, 4.69) is 34.5 Å².